The summed E-state index contributed by atoms with van der Waals surface area (Å²) in [6.07, 6.45) is 7.89. The molecule has 0 heterocycles. The van der Waals surface area contributed by atoms with Gasteiger partial charge in [0.25, 0.3) is 0 Å². The largest absolute Gasteiger partial charge is 0.356 e. The number of Topliss-reactive ketones (excluding diaryl/α,β-unsaturated/α-hetero) is 2. The highest BCUT2D eigenvalue weighted by Gasteiger charge is 2.62. The summed E-state index contributed by atoms with van der Waals surface area (Å²) < 4.78 is 0. The van der Waals surface area contributed by atoms with Gasteiger partial charge in [0, 0.05) is 30.7 Å². The molecule has 0 saturated heterocycles. The van der Waals surface area contributed by atoms with Crippen molar-refractivity contribution in [1.82, 2.24) is 5.32 Å². The van der Waals surface area contributed by atoms with Crippen LogP contribution in [0.1, 0.15) is 65.2 Å². The van der Waals surface area contributed by atoms with Gasteiger partial charge in [0.15, 0.2) is 0 Å². The summed E-state index contributed by atoms with van der Waals surface area (Å²) in [5.74, 6) is 2.66. The van der Waals surface area contributed by atoms with Gasteiger partial charge in [-0.25, -0.2) is 0 Å². The third-order valence-electron chi connectivity index (χ3n) is 8.52. The first-order chi connectivity index (χ1) is 11.4. The Hall–Kier alpha value is -1.19. The topological polar surface area (TPSA) is 63.2 Å². The van der Waals surface area contributed by atoms with Crippen molar-refractivity contribution >= 4 is 18.0 Å². The second kappa shape index (κ2) is 5.40. The zero-order valence-corrected chi connectivity index (χ0v) is 14.8. The number of carbonyl (C=O) groups is 3. The fourth-order valence-corrected chi connectivity index (χ4v) is 7.17. The van der Waals surface area contributed by atoms with E-state index in [-0.39, 0.29) is 22.8 Å². The Morgan fingerprint density at radius 2 is 1.83 bits per heavy atom. The molecule has 1 amide bonds. The standard InChI is InChI=1S/C20H29NO3/c1-19-7-5-12(23)9-16(19)17(21-11-22)10-13-14-3-4-18(24)20(14,2)8-6-15(13)19/h11,13-17H,3-10H2,1-2H3,(H,21,22)/t13-,14-,15-,16?,17-,19+,20-/m0/s1. The summed E-state index contributed by atoms with van der Waals surface area (Å²) in [5.41, 5.74) is -0.00888. The minimum Gasteiger partial charge on any atom is -0.356 e. The summed E-state index contributed by atoms with van der Waals surface area (Å²) >= 11 is 0. The van der Waals surface area contributed by atoms with Crippen molar-refractivity contribution in [3.63, 3.8) is 0 Å². The summed E-state index contributed by atoms with van der Waals surface area (Å²) in [6.45, 7) is 4.55. The SMILES string of the molecule is C[C@]12CCC(=O)CC1[C@@H](NC=O)C[C@@H]1[C@@H]2CC[C@]2(C)C(=O)CC[C@@H]12. The Morgan fingerprint density at radius 3 is 2.58 bits per heavy atom. The van der Waals surface area contributed by atoms with E-state index >= 15 is 0 Å². The van der Waals surface area contributed by atoms with E-state index in [1.807, 2.05) is 0 Å². The second-order valence-corrected chi connectivity index (χ2v) is 9.28. The predicted molar refractivity (Wildman–Crippen MR) is 90.1 cm³/mol. The van der Waals surface area contributed by atoms with Crippen LogP contribution in [0, 0.1) is 34.5 Å². The van der Waals surface area contributed by atoms with Crippen LogP contribution < -0.4 is 5.32 Å². The van der Waals surface area contributed by atoms with Crippen LogP contribution in [0.3, 0.4) is 0 Å². The third kappa shape index (κ3) is 2.07. The fourth-order valence-electron chi connectivity index (χ4n) is 7.17. The zero-order valence-electron chi connectivity index (χ0n) is 14.8. The van der Waals surface area contributed by atoms with Crippen molar-refractivity contribution in [2.24, 2.45) is 34.5 Å². The first-order valence-electron chi connectivity index (χ1n) is 9.65. The molecule has 4 nitrogen and oxygen atoms in total. The number of amides is 1. The van der Waals surface area contributed by atoms with Crippen LogP contribution in [0.15, 0.2) is 0 Å². The van der Waals surface area contributed by atoms with Crippen LogP contribution >= 0.6 is 0 Å². The Kier molecular flexibility index (Phi) is 3.67. The number of carbonyl (C=O) groups excluding carboxylic acids is 3. The number of fused-ring (bicyclic) bond motifs is 5. The maximum Gasteiger partial charge on any atom is 0.207 e. The normalized spacial score (nSPS) is 50.7. The molecule has 24 heavy (non-hydrogen) atoms. The van der Waals surface area contributed by atoms with Gasteiger partial charge in [0.1, 0.15) is 11.6 Å². The minimum absolute atomic E-state index is 0.0936. The van der Waals surface area contributed by atoms with Crippen molar-refractivity contribution in [1.29, 1.82) is 0 Å². The quantitative estimate of drug-likeness (QED) is 0.791. The first kappa shape index (κ1) is 16.3. The van der Waals surface area contributed by atoms with E-state index < -0.39 is 0 Å². The van der Waals surface area contributed by atoms with Crippen LogP contribution in [0.5, 0.6) is 0 Å². The number of ketones is 2. The molecule has 132 valence electrons. The van der Waals surface area contributed by atoms with Crippen molar-refractivity contribution < 1.29 is 14.4 Å². The highest BCUT2D eigenvalue weighted by molar-refractivity contribution is 5.87. The second-order valence-electron chi connectivity index (χ2n) is 9.28. The van der Waals surface area contributed by atoms with Gasteiger partial charge in [-0.1, -0.05) is 13.8 Å². The molecule has 1 unspecified atom stereocenters. The van der Waals surface area contributed by atoms with Crippen LogP contribution in [0.25, 0.3) is 0 Å². The van der Waals surface area contributed by atoms with E-state index in [1.165, 1.54) is 0 Å². The number of rotatable bonds is 2. The lowest BCUT2D eigenvalue weighted by molar-refractivity contribution is -0.149. The lowest BCUT2D eigenvalue weighted by Crippen LogP contribution is -2.60. The van der Waals surface area contributed by atoms with Gasteiger partial charge < -0.3 is 5.32 Å². The van der Waals surface area contributed by atoms with E-state index in [2.05, 4.69) is 19.2 Å². The summed E-state index contributed by atoms with van der Waals surface area (Å²) in [6, 6.07) is 0.0936. The maximum atomic E-state index is 12.5. The molecule has 4 aliphatic rings. The fraction of sp³-hybridized carbons (Fsp3) is 0.850. The first-order valence-corrected chi connectivity index (χ1v) is 9.65. The highest BCUT2D eigenvalue weighted by atomic mass is 16.1. The predicted octanol–water partition coefficient (Wildman–Crippen LogP) is 2.89. The van der Waals surface area contributed by atoms with Crippen LogP contribution in [-0.4, -0.2) is 24.0 Å². The van der Waals surface area contributed by atoms with E-state index in [0.29, 0.717) is 42.2 Å². The van der Waals surface area contributed by atoms with E-state index in [9.17, 15) is 14.4 Å². The summed E-state index contributed by atoms with van der Waals surface area (Å²) in [5, 5.41) is 3.05. The lowest BCUT2D eigenvalue weighted by Gasteiger charge is -2.61. The molecule has 4 fully saturated rings. The molecule has 0 radical (unpaired) electrons. The molecule has 0 aromatic heterocycles. The molecule has 0 aromatic rings. The van der Waals surface area contributed by atoms with E-state index in [0.717, 1.165) is 44.9 Å². The van der Waals surface area contributed by atoms with Gasteiger partial charge in [-0.2, -0.15) is 0 Å². The molecule has 1 N–H and O–H groups in total. The van der Waals surface area contributed by atoms with E-state index in [4.69, 9.17) is 0 Å². The summed E-state index contributed by atoms with van der Waals surface area (Å²) in [7, 11) is 0. The Bertz CT molecular complexity index is 587. The minimum atomic E-state index is -0.138. The molecule has 0 spiro atoms. The van der Waals surface area contributed by atoms with Gasteiger partial charge in [-0.3, -0.25) is 14.4 Å². The average molecular weight is 331 g/mol. The van der Waals surface area contributed by atoms with Crippen LogP contribution in [0.2, 0.25) is 0 Å². The smallest absolute Gasteiger partial charge is 0.207 e. The van der Waals surface area contributed by atoms with Crippen molar-refractivity contribution in [3.05, 3.63) is 0 Å². The number of hydrogen-bond donors (Lipinski definition) is 1. The van der Waals surface area contributed by atoms with Crippen molar-refractivity contribution in [2.75, 3.05) is 0 Å². The average Bonchev–Trinajstić information content (AvgIpc) is 2.85. The monoisotopic (exact) mass is 331 g/mol. The molecule has 0 aromatic carbocycles. The van der Waals surface area contributed by atoms with Gasteiger partial charge in [0.05, 0.1) is 0 Å². The van der Waals surface area contributed by atoms with Gasteiger partial charge >= 0.3 is 0 Å². The molecular formula is C20H29NO3. The van der Waals surface area contributed by atoms with Gasteiger partial charge in [-0.15, -0.1) is 0 Å². The van der Waals surface area contributed by atoms with Crippen molar-refractivity contribution in [2.45, 2.75) is 71.3 Å². The Balaban J connectivity index is 1.71. The zero-order chi connectivity index (χ0) is 17.1. The Morgan fingerprint density at radius 1 is 1.04 bits per heavy atom. The summed E-state index contributed by atoms with van der Waals surface area (Å²) in [4.78, 5) is 35.8. The third-order valence-corrected chi connectivity index (χ3v) is 8.52. The maximum absolute atomic E-state index is 12.5. The number of hydrogen-bond acceptors (Lipinski definition) is 3. The molecule has 4 rings (SSSR count). The van der Waals surface area contributed by atoms with Crippen LogP contribution in [0.4, 0.5) is 0 Å². The molecule has 4 heteroatoms. The van der Waals surface area contributed by atoms with Gasteiger partial charge in [-0.05, 0) is 61.2 Å². The molecule has 0 bridgehead atoms. The molecular weight excluding hydrogens is 302 g/mol. The molecule has 4 aliphatic carbocycles. The Labute approximate surface area is 144 Å². The molecule has 0 aliphatic heterocycles. The number of nitrogens with one attached hydrogen (secondary N) is 1. The highest BCUT2D eigenvalue weighted by Crippen LogP contribution is 2.65. The molecule has 4 saturated carbocycles. The molecule has 7 atom stereocenters. The van der Waals surface area contributed by atoms with E-state index in [1.54, 1.807) is 0 Å². The van der Waals surface area contributed by atoms with Crippen LogP contribution in [-0.2, 0) is 14.4 Å². The van der Waals surface area contributed by atoms with Crippen molar-refractivity contribution in [3.8, 4) is 0 Å². The lowest BCUT2D eigenvalue weighted by atomic mass is 9.44. The van der Waals surface area contributed by atoms with Gasteiger partial charge in [0.2, 0.25) is 6.41 Å².